The van der Waals surface area contributed by atoms with Gasteiger partial charge in [0, 0.05) is 49.8 Å². The summed E-state index contributed by atoms with van der Waals surface area (Å²) in [6.07, 6.45) is 14.9. The number of allylic oxidation sites excluding steroid dienone is 3. The van der Waals surface area contributed by atoms with Crippen molar-refractivity contribution in [3.05, 3.63) is 65.0 Å². The third-order valence-electron chi connectivity index (χ3n) is 9.01. The van der Waals surface area contributed by atoms with E-state index in [0.29, 0.717) is 0 Å². The van der Waals surface area contributed by atoms with Gasteiger partial charge in [0.2, 0.25) is 5.91 Å². The summed E-state index contributed by atoms with van der Waals surface area (Å²) < 4.78 is 5.48. The minimum absolute atomic E-state index is 0.0825. The quantitative estimate of drug-likeness (QED) is 0.286. The lowest BCUT2D eigenvalue weighted by Crippen LogP contribution is -2.49. The van der Waals surface area contributed by atoms with E-state index in [4.69, 9.17) is 20.6 Å². The second-order valence-corrected chi connectivity index (χ2v) is 12.3. The number of aliphatic hydroxyl groups is 1. The molecule has 1 heterocycles. The minimum atomic E-state index is 0.0825. The molecule has 6 rings (SSSR count). The van der Waals surface area contributed by atoms with Crippen LogP contribution in [0.1, 0.15) is 102 Å². The lowest BCUT2D eigenvalue weighted by atomic mass is 9.56. The molecule has 44 heavy (non-hydrogen) atoms. The Balaban J connectivity index is 0.00000127. The number of nitrogens with zero attached hydrogens (tertiary/aromatic N) is 3. The van der Waals surface area contributed by atoms with Gasteiger partial charge in [-0.05, 0) is 111 Å². The minimum Gasteiger partial charge on any atom is -0.496 e. The molecule has 0 unspecified atom stereocenters. The van der Waals surface area contributed by atoms with Gasteiger partial charge in [-0.25, -0.2) is 4.98 Å². The summed E-state index contributed by atoms with van der Waals surface area (Å²) in [6.45, 7) is 10.9. The molecule has 2 saturated carbocycles. The molecule has 0 radical (unpaired) electrons. The van der Waals surface area contributed by atoms with Crippen LogP contribution in [0, 0.1) is 18.3 Å². The number of carbonyl (C=O) groups is 1. The summed E-state index contributed by atoms with van der Waals surface area (Å²) in [6, 6.07) is 10.7. The molecule has 2 bridgehead atoms. The van der Waals surface area contributed by atoms with Crippen molar-refractivity contribution in [3.8, 4) is 5.75 Å². The highest BCUT2D eigenvalue weighted by atomic mass is 16.5. The SMILES string of the molecule is CC.CO.COc1ccc(C2=C3CC(CN(C(=O)C4CCCCC4)c4cc(/C(C=NC(C)C)=C/N)ccn4)(CC2)C3)cc1C. The first-order chi connectivity index (χ1) is 21.3. The normalized spacial score (nSPS) is 17.7. The van der Waals surface area contributed by atoms with Crippen LogP contribution in [0.25, 0.3) is 11.1 Å². The Hall–Kier alpha value is -3.45. The Morgan fingerprint density at radius 2 is 1.86 bits per heavy atom. The van der Waals surface area contributed by atoms with E-state index in [1.807, 2.05) is 50.9 Å². The van der Waals surface area contributed by atoms with Crippen LogP contribution in [0.3, 0.4) is 0 Å². The average Bonchev–Trinajstić information content (AvgIpc) is 3.05. The molecule has 0 spiro atoms. The Morgan fingerprint density at radius 3 is 2.43 bits per heavy atom. The number of anilines is 1. The van der Waals surface area contributed by atoms with E-state index >= 15 is 0 Å². The van der Waals surface area contributed by atoms with Crippen molar-refractivity contribution < 1.29 is 14.6 Å². The number of rotatable bonds is 9. The zero-order valence-corrected chi connectivity index (χ0v) is 28.0. The average molecular weight is 603 g/mol. The number of hydrogen-bond donors (Lipinski definition) is 2. The Kier molecular flexibility index (Phi) is 13.2. The highest BCUT2D eigenvalue weighted by molar-refractivity contribution is 6.10. The van der Waals surface area contributed by atoms with Crippen molar-refractivity contribution >= 4 is 29.1 Å². The van der Waals surface area contributed by atoms with Gasteiger partial charge in [0.05, 0.1) is 7.11 Å². The topological polar surface area (TPSA) is 101 Å². The second-order valence-electron chi connectivity index (χ2n) is 12.3. The van der Waals surface area contributed by atoms with E-state index in [0.717, 1.165) is 87.7 Å². The molecule has 240 valence electrons. The number of carbonyl (C=O) groups excluding carboxylic acids is 1. The Labute approximate surface area is 265 Å². The van der Waals surface area contributed by atoms with Crippen LogP contribution < -0.4 is 15.4 Å². The molecule has 1 amide bonds. The van der Waals surface area contributed by atoms with Crippen molar-refractivity contribution in [1.29, 1.82) is 0 Å². The van der Waals surface area contributed by atoms with Crippen LogP contribution in [0.15, 0.2) is 53.3 Å². The number of aryl methyl sites for hydroxylation is 1. The fourth-order valence-electron chi connectivity index (χ4n) is 6.78. The molecule has 1 aromatic carbocycles. The molecule has 7 nitrogen and oxygen atoms in total. The van der Waals surface area contributed by atoms with Crippen molar-refractivity contribution in [1.82, 2.24) is 4.98 Å². The van der Waals surface area contributed by atoms with Crippen molar-refractivity contribution in [2.24, 2.45) is 22.1 Å². The smallest absolute Gasteiger partial charge is 0.231 e. The maximum Gasteiger partial charge on any atom is 0.231 e. The summed E-state index contributed by atoms with van der Waals surface area (Å²) >= 11 is 0. The predicted octanol–water partition coefficient (Wildman–Crippen LogP) is 7.75. The third-order valence-corrected chi connectivity index (χ3v) is 9.01. The first-order valence-electron chi connectivity index (χ1n) is 16.4. The maximum atomic E-state index is 14.1. The van der Waals surface area contributed by atoms with E-state index < -0.39 is 0 Å². The van der Waals surface area contributed by atoms with Crippen LogP contribution in [0.4, 0.5) is 5.82 Å². The molecule has 1 aromatic heterocycles. The summed E-state index contributed by atoms with van der Waals surface area (Å²) in [5, 5.41) is 7.00. The van der Waals surface area contributed by atoms with Gasteiger partial charge in [-0.1, -0.05) is 44.7 Å². The van der Waals surface area contributed by atoms with Gasteiger partial charge in [0.15, 0.2) is 0 Å². The van der Waals surface area contributed by atoms with Gasteiger partial charge in [-0.2, -0.15) is 0 Å². The van der Waals surface area contributed by atoms with Crippen LogP contribution in [0.5, 0.6) is 5.75 Å². The molecule has 4 aliphatic rings. The highest BCUT2D eigenvalue weighted by Gasteiger charge is 2.47. The highest BCUT2D eigenvalue weighted by Crippen LogP contribution is 2.58. The van der Waals surface area contributed by atoms with Crippen LogP contribution in [0.2, 0.25) is 0 Å². The monoisotopic (exact) mass is 602 g/mol. The molecular formula is C37H54N4O3. The van der Waals surface area contributed by atoms with Gasteiger partial charge < -0.3 is 15.6 Å². The number of methoxy groups -OCH3 is 1. The first-order valence-corrected chi connectivity index (χ1v) is 16.4. The van der Waals surface area contributed by atoms with Crippen molar-refractivity contribution in [2.45, 2.75) is 98.4 Å². The fourth-order valence-corrected chi connectivity index (χ4v) is 6.78. The van der Waals surface area contributed by atoms with Crippen LogP contribution in [-0.2, 0) is 4.79 Å². The summed E-state index contributed by atoms with van der Waals surface area (Å²) in [7, 11) is 2.72. The molecule has 3 N–H and O–H groups in total. The molecule has 0 aliphatic heterocycles. The lowest BCUT2D eigenvalue weighted by molar-refractivity contribution is -0.123. The molecule has 2 aromatic rings. The van der Waals surface area contributed by atoms with Gasteiger partial charge in [0.1, 0.15) is 11.6 Å². The molecule has 0 saturated heterocycles. The number of amides is 1. The number of hydrogen-bond acceptors (Lipinski definition) is 6. The van der Waals surface area contributed by atoms with E-state index in [2.05, 4.69) is 30.1 Å². The number of ether oxygens (including phenoxy) is 1. The molecule has 4 aliphatic carbocycles. The number of aromatic nitrogens is 1. The predicted molar refractivity (Wildman–Crippen MR) is 184 cm³/mol. The van der Waals surface area contributed by atoms with Gasteiger partial charge >= 0.3 is 0 Å². The Morgan fingerprint density at radius 1 is 1.16 bits per heavy atom. The van der Waals surface area contributed by atoms with Crippen LogP contribution >= 0.6 is 0 Å². The largest absolute Gasteiger partial charge is 0.496 e. The zero-order chi connectivity index (χ0) is 32.3. The second kappa shape index (κ2) is 16.6. The number of nitrogens with two attached hydrogens (primary N) is 1. The molecular weight excluding hydrogens is 548 g/mol. The van der Waals surface area contributed by atoms with E-state index in [-0.39, 0.29) is 23.3 Å². The first kappa shape index (κ1) is 35.0. The lowest BCUT2D eigenvalue weighted by Gasteiger charge is -2.52. The number of aliphatic imine (C=N–C) groups is 1. The number of aliphatic hydroxyl groups excluding tert-OH is 1. The summed E-state index contributed by atoms with van der Waals surface area (Å²) in [4.78, 5) is 25.4. The van der Waals surface area contributed by atoms with Crippen molar-refractivity contribution in [2.75, 3.05) is 25.7 Å². The number of pyridine rings is 1. The van der Waals surface area contributed by atoms with Gasteiger partial charge in [0.25, 0.3) is 0 Å². The standard InChI is InChI=1S/C34H44N4O2.C2H6.CH4O/c1-23(2)37-21-29(20-35)26-13-15-36-32(17-26)38(33(39)25-8-6-5-7-9-25)22-34-14-12-30(28(18-34)19-34)27-10-11-31(40-4)24(3)16-27;2*1-2/h10-11,13,15-17,20-21,23,25H,5-9,12,14,18-19,22,35H2,1-4H3;1-2H3;2H,1H3/b29-20+,37-21?;;. The van der Waals surface area contributed by atoms with E-state index in [9.17, 15) is 4.79 Å². The van der Waals surface area contributed by atoms with E-state index in [1.54, 1.807) is 25.1 Å². The fraction of sp³-hybridized carbons (Fsp3) is 0.541. The Bertz CT molecular complexity index is 1330. The van der Waals surface area contributed by atoms with Crippen molar-refractivity contribution in [3.63, 3.8) is 0 Å². The molecule has 0 atom stereocenters. The van der Waals surface area contributed by atoms with E-state index in [1.165, 1.54) is 23.1 Å². The summed E-state index contributed by atoms with van der Waals surface area (Å²) in [5.41, 5.74) is 13.4. The molecule has 7 heteroatoms. The van der Waals surface area contributed by atoms with Crippen LogP contribution in [-0.4, -0.2) is 49.0 Å². The summed E-state index contributed by atoms with van der Waals surface area (Å²) in [5.74, 6) is 1.98. The zero-order valence-electron chi connectivity index (χ0n) is 28.0. The maximum absolute atomic E-state index is 14.1. The number of fused-ring (bicyclic) bond motifs is 2. The van der Waals surface area contributed by atoms with Gasteiger partial charge in [-0.3, -0.25) is 14.7 Å². The third kappa shape index (κ3) is 8.17. The van der Waals surface area contributed by atoms with Gasteiger partial charge in [-0.15, -0.1) is 0 Å². The number of benzene rings is 1. The molecule has 2 fully saturated rings.